The number of rotatable bonds is 15. The summed E-state index contributed by atoms with van der Waals surface area (Å²) in [5, 5.41) is 9.03. The Morgan fingerprint density at radius 2 is 1.31 bits per heavy atom. The van der Waals surface area contributed by atoms with E-state index in [9.17, 15) is 18.0 Å². The summed E-state index contributed by atoms with van der Waals surface area (Å²) < 4.78 is 31.0. The van der Waals surface area contributed by atoms with Crippen molar-refractivity contribution < 1.29 is 27.7 Å². The van der Waals surface area contributed by atoms with Crippen LogP contribution in [0.4, 0.5) is 0 Å². The fraction of sp³-hybridized carbons (Fsp3) is 0.875. The first-order valence-corrected chi connectivity index (χ1v) is 10.2. The summed E-state index contributed by atoms with van der Waals surface area (Å²) in [6.45, 7) is 2.47. The van der Waals surface area contributed by atoms with Crippen molar-refractivity contribution >= 4 is 68.1 Å². The number of amides is 1. The molecule has 26 heavy (non-hydrogen) atoms. The quantitative estimate of drug-likeness (QED) is 0.214. The third-order valence-corrected chi connectivity index (χ3v) is 4.94. The number of carboxylic acid groups (broad SMARTS) is 1. The number of nitrogens with one attached hydrogen (secondary N) is 1. The van der Waals surface area contributed by atoms with Crippen LogP contribution >= 0.6 is 0 Å². The van der Waals surface area contributed by atoms with Gasteiger partial charge in [0.2, 0.25) is 5.91 Å². The van der Waals surface area contributed by atoms with Gasteiger partial charge in [-0.15, -0.1) is 0 Å². The summed E-state index contributed by atoms with van der Waals surface area (Å²) >= 11 is 0. The van der Waals surface area contributed by atoms with Crippen molar-refractivity contribution in [1.82, 2.24) is 5.32 Å². The number of hydrogen-bond donors (Lipinski definition) is 3. The molecule has 0 bridgehead atoms. The summed E-state index contributed by atoms with van der Waals surface area (Å²) in [5.41, 5.74) is 0. The zero-order chi connectivity index (χ0) is 18.4. The van der Waals surface area contributed by atoms with Crippen molar-refractivity contribution in [1.29, 1.82) is 0 Å². The van der Waals surface area contributed by atoms with E-state index in [-0.39, 0.29) is 52.7 Å². The number of hydrogen-bond acceptors (Lipinski definition) is 4. The fourth-order valence-corrected chi connectivity index (χ4v) is 3.14. The lowest BCUT2D eigenvalue weighted by Gasteiger charge is -2.12. The van der Waals surface area contributed by atoms with Crippen molar-refractivity contribution in [2.24, 2.45) is 0 Å². The highest BCUT2D eigenvalue weighted by atomic mass is 32.2. The Morgan fingerprint density at radius 3 is 1.69 bits per heavy atom. The molecule has 1 unspecified atom stereocenters. The standard InChI is InChI=1S/C16H31NO6S.2Mg/c1-2-3-4-5-6-7-8-9-10-11-12-17-16(20)14(13-15(18)19)24(21,22)23;;/h14H,2-13H2,1H3,(H,17,20)(H,18,19)(H,21,22,23);;. The summed E-state index contributed by atoms with van der Waals surface area (Å²) in [4.78, 5) is 22.2. The van der Waals surface area contributed by atoms with Gasteiger partial charge in [-0.05, 0) is 6.42 Å². The molecule has 0 saturated carbocycles. The molecule has 3 N–H and O–H groups in total. The lowest BCUT2D eigenvalue weighted by molar-refractivity contribution is -0.138. The van der Waals surface area contributed by atoms with Gasteiger partial charge in [-0.1, -0.05) is 64.7 Å². The van der Waals surface area contributed by atoms with Crippen molar-refractivity contribution in [3.63, 3.8) is 0 Å². The van der Waals surface area contributed by atoms with Gasteiger partial charge in [0.1, 0.15) is 0 Å². The summed E-state index contributed by atoms with van der Waals surface area (Å²) in [7, 11) is -4.72. The highest BCUT2D eigenvalue weighted by Crippen LogP contribution is 2.10. The van der Waals surface area contributed by atoms with Crippen LogP contribution in [0.1, 0.15) is 77.6 Å². The van der Waals surface area contributed by atoms with Crippen LogP contribution in [0.5, 0.6) is 0 Å². The number of carboxylic acids is 1. The average Bonchev–Trinajstić information content (AvgIpc) is 2.48. The first kappa shape index (κ1) is 31.1. The van der Waals surface area contributed by atoms with E-state index in [2.05, 4.69) is 12.2 Å². The Hall–Kier alpha value is 0.382. The molecule has 0 rings (SSSR count). The first-order valence-electron chi connectivity index (χ1n) is 8.74. The van der Waals surface area contributed by atoms with Crippen LogP contribution in [-0.4, -0.2) is 87.9 Å². The molecule has 1 atom stereocenters. The van der Waals surface area contributed by atoms with Crippen molar-refractivity contribution in [3.8, 4) is 0 Å². The zero-order valence-corrected chi connectivity index (χ0v) is 19.6. The predicted molar refractivity (Wildman–Crippen MR) is 104 cm³/mol. The van der Waals surface area contributed by atoms with Gasteiger partial charge in [0, 0.05) is 52.7 Å². The normalized spacial score (nSPS) is 11.8. The fourth-order valence-electron chi connectivity index (χ4n) is 2.43. The van der Waals surface area contributed by atoms with Gasteiger partial charge in [-0.25, -0.2) is 0 Å². The number of aliphatic carboxylic acids is 1. The van der Waals surface area contributed by atoms with Gasteiger partial charge >= 0.3 is 5.97 Å². The topological polar surface area (TPSA) is 121 Å². The van der Waals surface area contributed by atoms with Gasteiger partial charge < -0.3 is 10.4 Å². The highest BCUT2D eigenvalue weighted by molar-refractivity contribution is 7.87. The molecule has 4 radical (unpaired) electrons. The Bertz CT molecular complexity index is 473. The Kier molecular flexibility index (Phi) is 22.4. The average molecular weight is 414 g/mol. The number of carbonyl (C=O) groups is 2. The number of unbranched alkanes of at least 4 members (excludes halogenated alkanes) is 9. The van der Waals surface area contributed by atoms with Crippen LogP contribution < -0.4 is 5.32 Å². The molecule has 7 nitrogen and oxygen atoms in total. The molecule has 10 heteroatoms. The zero-order valence-electron chi connectivity index (χ0n) is 15.9. The smallest absolute Gasteiger partial charge is 0.305 e. The van der Waals surface area contributed by atoms with E-state index in [1.165, 1.54) is 38.5 Å². The van der Waals surface area contributed by atoms with Crippen molar-refractivity contribution in [2.45, 2.75) is 82.8 Å². The van der Waals surface area contributed by atoms with Crippen molar-refractivity contribution in [2.75, 3.05) is 6.54 Å². The lowest BCUT2D eigenvalue weighted by Crippen LogP contribution is -2.41. The molecular formula is C16H31Mg2NO6S. The van der Waals surface area contributed by atoms with E-state index in [1.54, 1.807) is 0 Å². The second-order valence-electron chi connectivity index (χ2n) is 6.07. The van der Waals surface area contributed by atoms with Crippen LogP contribution in [0.15, 0.2) is 0 Å². The minimum Gasteiger partial charge on any atom is -0.481 e. The maximum absolute atomic E-state index is 11.7. The third-order valence-electron chi connectivity index (χ3n) is 3.84. The molecule has 0 heterocycles. The van der Waals surface area contributed by atoms with E-state index in [0.717, 1.165) is 19.3 Å². The molecule has 0 aliphatic carbocycles. The van der Waals surface area contributed by atoms with E-state index >= 15 is 0 Å². The maximum atomic E-state index is 11.7. The number of carbonyl (C=O) groups excluding carboxylic acids is 1. The summed E-state index contributed by atoms with van der Waals surface area (Å²) in [6.07, 6.45) is 10.5. The molecule has 0 aromatic heterocycles. The molecule has 1 amide bonds. The summed E-state index contributed by atoms with van der Waals surface area (Å²) in [6, 6.07) is 0. The van der Waals surface area contributed by atoms with Gasteiger partial charge in [-0.3, -0.25) is 14.1 Å². The van der Waals surface area contributed by atoms with E-state index in [4.69, 9.17) is 9.66 Å². The monoisotopic (exact) mass is 413 g/mol. The largest absolute Gasteiger partial charge is 0.481 e. The van der Waals surface area contributed by atoms with E-state index in [1.807, 2.05) is 0 Å². The highest BCUT2D eigenvalue weighted by Gasteiger charge is 2.33. The van der Waals surface area contributed by atoms with Crippen LogP contribution in [0.2, 0.25) is 0 Å². The van der Waals surface area contributed by atoms with Crippen molar-refractivity contribution in [3.05, 3.63) is 0 Å². The molecule has 0 aromatic rings. The van der Waals surface area contributed by atoms with Crippen LogP contribution in [0.3, 0.4) is 0 Å². The minimum absolute atomic E-state index is 0. The second kappa shape index (κ2) is 18.7. The minimum atomic E-state index is -4.72. The maximum Gasteiger partial charge on any atom is 0.305 e. The molecule has 0 saturated heterocycles. The van der Waals surface area contributed by atoms with Crippen LogP contribution in [0.25, 0.3) is 0 Å². The summed E-state index contributed by atoms with van der Waals surface area (Å²) in [5.74, 6) is -2.41. The Balaban J connectivity index is -0.00000264. The van der Waals surface area contributed by atoms with Crippen LogP contribution in [-0.2, 0) is 19.7 Å². The molecule has 146 valence electrons. The van der Waals surface area contributed by atoms with Gasteiger partial charge in [0.25, 0.3) is 10.1 Å². The Morgan fingerprint density at radius 1 is 0.885 bits per heavy atom. The molecule has 0 aliphatic rings. The molecule has 0 aliphatic heterocycles. The van der Waals surface area contributed by atoms with E-state index in [0.29, 0.717) is 6.42 Å². The van der Waals surface area contributed by atoms with E-state index < -0.39 is 33.7 Å². The second-order valence-corrected chi connectivity index (χ2v) is 7.67. The Labute approximate surface area is 189 Å². The molecule has 0 fully saturated rings. The predicted octanol–water partition coefficient (Wildman–Crippen LogP) is 1.99. The molecule has 0 spiro atoms. The molecular weight excluding hydrogens is 383 g/mol. The van der Waals surface area contributed by atoms with Crippen LogP contribution in [0, 0.1) is 0 Å². The van der Waals surface area contributed by atoms with Gasteiger partial charge in [-0.2, -0.15) is 8.42 Å². The SMILES string of the molecule is CCCCCCCCCCCCNC(=O)C(CC(=O)O)S(=O)(=O)O.[Mg].[Mg]. The lowest BCUT2D eigenvalue weighted by atomic mass is 10.1. The van der Waals surface area contributed by atoms with Gasteiger partial charge in [0.05, 0.1) is 6.42 Å². The first-order chi connectivity index (χ1) is 11.3. The third kappa shape index (κ3) is 17.8. The van der Waals surface area contributed by atoms with Gasteiger partial charge in [0.15, 0.2) is 5.25 Å². The molecule has 0 aromatic carbocycles.